The molecule has 2 N–H and O–H groups in total. The number of ether oxygens (including phenoxy) is 3. The van der Waals surface area contributed by atoms with Gasteiger partial charge in [0.1, 0.15) is 5.69 Å². The van der Waals surface area contributed by atoms with Crippen molar-refractivity contribution in [2.24, 2.45) is 0 Å². The molecule has 9 heteroatoms. The maximum atomic E-state index is 12.7. The van der Waals surface area contributed by atoms with E-state index in [1.807, 2.05) is 29.6 Å². The molecule has 8 nitrogen and oxygen atoms in total. The Morgan fingerprint density at radius 2 is 1.84 bits per heavy atom. The lowest BCUT2D eigenvalue weighted by atomic mass is 10.1. The third-order valence-corrected chi connectivity index (χ3v) is 5.74. The van der Waals surface area contributed by atoms with E-state index >= 15 is 0 Å². The van der Waals surface area contributed by atoms with Crippen molar-refractivity contribution in [2.45, 2.75) is 6.54 Å². The van der Waals surface area contributed by atoms with Crippen molar-refractivity contribution in [1.29, 1.82) is 0 Å². The van der Waals surface area contributed by atoms with E-state index in [0.29, 0.717) is 35.2 Å². The first kappa shape index (κ1) is 21.4. The fourth-order valence-electron chi connectivity index (χ4n) is 3.30. The SMILES string of the molecule is COc1cc(-c2cc(C(=O)NCc3cccnc3-c3cccs3)[nH]n2)cc(OC)c1OC. The van der Waals surface area contributed by atoms with Crippen LogP contribution in [0.4, 0.5) is 0 Å². The number of nitrogens with one attached hydrogen (secondary N) is 2. The summed E-state index contributed by atoms with van der Waals surface area (Å²) in [6, 6.07) is 13.0. The molecule has 4 rings (SSSR count). The van der Waals surface area contributed by atoms with Crippen molar-refractivity contribution in [3.8, 4) is 39.1 Å². The molecule has 0 unspecified atom stereocenters. The average Bonchev–Trinajstić information content (AvgIpc) is 3.54. The average molecular weight is 451 g/mol. The van der Waals surface area contributed by atoms with Crippen molar-refractivity contribution in [1.82, 2.24) is 20.5 Å². The zero-order valence-electron chi connectivity index (χ0n) is 17.8. The van der Waals surface area contributed by atoms with Gasteiger partial charge in [0.25, 0.3) is 5.91 Å². The third-order valence-electron chi connectivity index (χ3n) is 4.87. The van der Waals surface area contributed by atoms with Crippen molar-refractivity contribution in [3.63, 3.8) is 0 Å². The van der Waals surface area contributed by atoms with Crippen LogP contribution in [0.2, 0.25) is 0 Å². The lowest BCUT2D eigenvalue weighted by Gasteiger charge is -2.13. The minimum atomic E-state index is -0.267. The van der Waals surface area contributed by atoms with E-state index in [1.54, 1.807) is 57.1 Å². The quantitative estimate of drug-likeness (QED) is 0.418. The molecule has 0 aliphatic rings. The van der Waals surface area contributed by atoms with Gasteiger partial charge in [-0.05, 0) is 41.3 Å². The van der Waals surface area contributed by atoms with E-state index in [4.69, 9.17) is 14.2 Å². The molecule has 1 amide bonds. The number of H-pyrrole nitrogens is 1. The summed E-state index contributed by atoms with van der Waals surface area (Å²) in [4.78, 5) is 18.3. The number of aromatic amines is 1. The second-order valence-electron chi connectivity index (χ2n) is 6.75. The van der Waals surface area contributed by atoms with Gasteiger partial charge in [0.15, 0.2) is 11.5 Å². The number of rotatable bonds is 8. The highest BCUT2D eigenvalue weighted by molar-refractivity contribution is 7.13. The molecule has 4 aromatic rings. The van der Waals surface area contributed by atoms with Crippen LogP contribution in [0.15, 0.2) is 54.0 Å². The van der Waals surface area contributed by atoms with Gasteiger partial charge in [-0.3, -0.25) is 14.9 Å². The highest BCUT2D eigenvalue weighted by Gasteiger charge is 2.17. The van der Waals surface area contributed by atoms with Crippen LogP contribution in [0.25, 0.3) is 21.8 Å². The van der Waals surface area contributed by atoms with Gasteiger partial charge in [-0.1, -0.05) is 12.1 Å². The Hall–Kier alpha value is -3.85. The van der Waals surface area contributed by atoms with Gasteiger partial charge in [-0.25, -0.2) is 0 Å². The van der Waals surface area contributed by atoms with Gasteiger partial charge < -0.3 is 19.5 Å². The smallest absolute Gasteiger partial charge is 0.269 e. The fraction of sp³-hybridized carbons (Fsp3) is 0.174. The van der Waals surface area contributed by atoms with Crippen molar-refractivity contribution in [3.05, 3.63) is 65.3 Å². The highest BCUT2D eigenvalue weighted by atomic mass is 32.1. The van der Waals surface area contributed by atoms with Crippen molar-refractivity contribution >= 4 is 17.2 Å². The summed E-state index contributed by atoms with van der Waals surface area (Å²) in [6.07, 6.45) is 1.75. The predicted octanol–water partition coefficient (Wildman–Crippen LogP) is 4.16. The largest absolute Gasteiger partial charge is 0.493 e. The molecular weight excluding hydrogens is 428 g/mol. The monoisotopic (exact) mass is 450 g/mol. The summed E-state index contributed by atoms with van der Waals surface area (Å²) >= 11 is 1.61. The Labute approximate surface area is 189 Å². The van der Waals surface area contributed by atoms with E-state index in [1.165, 1.54) is 0 Å². The maximum Gasteiger partial charge on any atom is 0.269 e. The second kappa shape index (κ2) is 9.52. The number of carbonyl (C=O) groups is 1. The van der Waals surface area contributed by atoms with E-state index < -0.39 is 0 Å². The second-order valence-corrected chi connectivity index (χ2v) is 7.70. The number of benzene rings is 1. The van der Waals surface area contributed by atoms with Gasteiger partial charge in [0, 0.05) is 18.3 Å². The molecular formula is C23H22N4O4S. The highest BCUT2D eigenvalue weighted by Crippen LogP contribution is 2.40. The molecule has 0 radical (unpaired) electrons. The Morgan fingerprint density at radius 1 is 1.06 bits per heavy atom. The predicted molar refractivity (Wildman–Crippen MR) is 122 cm³/mol. The van der Waals surface area contributed by atoms with Gasteiger partial charge in [-0.15, -0.1) is 11.3 Å². The first-order chi connectivity index (χ1) is 15.6. The summed E-state index contributed by atoms with van der Waals surface area (Å²) < 4.78 is 16.2. The molecule has 0 aliphatic heterocycles. The zero-order chi connectivity index (χ0) is 22.5. The number of thiophene rings is 1. The molecule has 0 fully saturated rings. The minimum absolute atomic E-state index is 0.267. The lowest BCUT2D eigenvalue weighted by Crippen LogP contribution is -2.23. The van der Waals surface area contributed by atoms with E-state index in [2.05, 4.69) is 20.5 Å². The van der Waals surface area contributed by atoms with Crippen molar-refractivity contribution in [2.75, 3.05) is 21.3 Å². The van der Waals surface area contributed by atoms with Crippen LogP contribution < -0.4 is 19.5 Å². The summed E-state index contributed by atoms with van der Waals surface area (Å²) in [5.41, 5.74) is 3.45. The molecule has 32 heavy (non-hydrogen) atoms. The molecule has 164 valence electrons. The molecule has 0 saturated carbocycles. The Morgan fingerprint density at radius 3 is 2.50 bits per heavy atom. The molecule has 0 saturated heterocycles. The van der Waals surface area contributed by atoms with Gasteiger partial charge >= 0.3 is 0 Å². The van der Waals surface area contributed by atoms with Crippen LogP contribution in [-0.2, 0) is 6.54 Å². The minimum Gasteiger partial charge on any atom is -0.493 e. The molecule has 0 atom stereocenters. The standard InChI is InChI=1S/C23H22N4O4S/c1-29-18-10-15(11-19(30-2)22(18)31-3)16-12-17(27-26-16)23(28)25-13-14-6-4-8-24-21(14)20-7-5-9-32-20/h4-12H,13H2,1-3H3,(H,25,28)(H,26,27). The first-order valence-corrected chi connectivity index (χ1v) is 10.6. The Balaban J connectivity index is 1.52. The van der Waals surface area contributed by atoms with Crippen LogP contribution in [0.1, 0.15) is 16.1 Å². The van der Waals surface area contributed by atoms with Gasteiger partial charge in [0.2, 0.25) is 5.75 Å². The van der Waals surface area contributed by atoms with Crippen LogP contribution in [0.5, 0.6) is 17.2 Å². The van der Waals surface area contributed by atoms with Gasteiger partial charge in [0.05, 0.1) is 37.6 Å². The number of amides is 1. The van der Waals surface area contributed by atoms with Gasteiger partial charge in [-0.2, -0.15) is 5.10 Å². The first-order valence-electron chi connectivity index (χ1n) is 9.76. The molecule has 1 aromatic carbocycles. The van der Waals surface area contributed by atoms with Crippen LogP contribution in [0, 0.1) is 0 Å². The van der Waals surface area contributed by atoms with Crippen LogP contribution in [0.3, 0.4) is 0 Å². The molecule has 0 aliphatic carbocycles. The lowest BCUT2D eigenvalue weighted by molar-refractivity contribution is 0.0946. The number of nitrogens with zero attached hydrogens (tertiary/aromatic N) is 2. The zero-order valence-corrected chi connectivity index (χ0v) is 18.7. The Kier molecular flexibility index (Phi) is 6.37. The molecule has 3 aromatic heterocycles. The number of pyridine rings is 1. The number of hydrogen-bond donors (Lipinski definition) is 2. The summed E-state index contributed by atoms with van der Waals surface area (Å²) in [5, 5.41) is 12.0. The summed E-state index contributed by atoms with van der Waals surface area (Å²) in [7, 11) is 4.64. The van der Waals surface area contributed by atoms with E-state index in [0.717, 1.165) is 21.7 Å². The van der Waals surface area contributed by atoms with E-state index in [-0.39, 0.29) is 5.91 Å². The van der Waals surface area contributed by atoms with Crippen LogP contribution >= 0.6 is 11.3 Å². The summed E-state index contributed by atoms with van der Waals surface area (Å²) in [5.74, 6) is 1.24. The van der Waals surface area contributed by atoms with E-state index in [9.17, 15) is 4.79 Å². The number of aromatic nitrogens is 3. The topological polar surface area (TPSA) is 98.4 Å². The number of carbonyl (C=O) groups excluding carboxylic acids is 1. The third kappa shape index (κ3) is 4.28. The Bertz CT molecular complexity index is 1200. The molecule has 0 spiro atoms. The number of hydrogen-bond acceptors (Lipinski definition) is 7. The fourth-order valence-corrected chi connectivity index (χ4v) is 4.06. The molecule has 3 heterocycles. The van der Waals surface area contributed by atoms with Crippen LogP contribution in [-0.4, -0.2) is 42.4 Å². The van der Waals surface area contributed by atoms with Crippen molar-refractivity contribution < 1.29 is 19.0 Å². The molecule has 0 bridgehead atoms. The summed E-state index contributed by atoms with van der Waals surface area (Å²) in [6.45, 7) is 0.346. The normalized spacial score (nSPS) is 10.6. The number of methoxy groups -OCH3 is 3. The maximum absolute atomic E-state index is 12.7.